The van der Waals surface area contributed by atoms with Gasteiger partial charge in [0.25, 0.3) is 6.43 Å². The molecule has 0 radical (unpaired) electrons. The van der Waals surface area contributed by atoms with E-state index in [4.69, 9.17) is 0 Å². The summed E-state index contributed by atoms with van der Waals surface area (Å²) in [5.74, 6) is -0.932. The van der Waals surface area contributed by atoms with Gasteiger partial charge in [-0.15, -0.1) is 0 Å². The average molecular weight is 225 g/mol. The summed E-state index contributed by atoms with van der Waals surface area (Å²) in [6.07, 6.45) is -3.01. The van der Waals surface area contributed by atoms with Crippen LogP contribution in [0.5, 0.6) is 0 Å². The van der Waals surface area contributed by atoms with Crippen LogP contribution in [0.15, 0.2) is 23.1 Å². The quantitative estimate of drug-likeness (QED) is 0.827. The number of nitrogens with two attached hydrogens (primary N) is 1. The number of hydrogen-bond acceptors (Lipinski definition) is 2. The molecule has 1 rings (SSSR count). The van der Waals surface area contributed by atoms with E-state index in [2.05, 4.69) is 5.14 Å². The molecule has 2 N–H and O–H groups in total. The van der Waals surface area contributed by atoms with E-state index in [9.17, 15) is 21.6 Å². The van der Waals surface area contributed by atoms with Gasteiger partial charge in [0.05, 0.1) is 4.90 Å². The van der Waals surface area contributed by atoms with E-state index in [1.165, 1.54) is 0 Å². The standard InChI is InChI=1S/C7H6F3NO2S/c8-4-1-2-5(7(9)10)6(3-4)14(11,12)13/h1-3,7H,(H2,11,12,13). The summed E-state index contributed by atoms with van der Waals surface area (Å²) < 4.78 is 58.6. The number of sulfonamides is 1. The van der Waals surface area contributed by atoms with E-state index in [1.54, 1.807) is 0 Å². The van der Waals surface area contributed by atoms with Gasteiger partial charge in [-0.25, -0.2) is 26.7 Å². The van der Waals surface area contributed by atoms with Gasteiger partial charge in [0.1, 0.15) is 5.82 Å². The van der Waals surface area contributed by atoms with Gasteiger partial charge in [-0.05, 0) is 18.2 Å². The number of alkyl halides is 2. The maximum Gasteiger partial charge on any atom is 0.265 e. The van der Waals surface area contributed by atoms with Crippen molar-refractivity contribution in [2.24, 2.45) is 5.14 Å². The fraction of sp³-hybridized carbons (Fsp3) is 0.143. The van der Waals surface area contributed by atoms with Gasteiger partial charge in [0.2, 0.25) is 10.0 Å². The first kappa shape index (κ1) is 11.0. The summed E-state index contributed by atoms with van der Waals surface area (Å²) in [5, 5.41) is 4.64. The molecule has 0 fully saturated rings. The number of halogens is 3. The lowest BCUT2D eigenvalue weighted by Gasteiger charge is -2.05. The molecule has 7 heteroatoms. The fourth-order valence-corrected chi connectivity index (χ4v) is 1.70. The van der Waals surface area contributed by atoms with Crippen LogP contribution in [-0.2, 0) is 10.0 Å². The first-order valence-corrected chi connectivity index (χ1v) is 4.97. The second-order valence-electron chi connectivity index (χ2n) is 2.53. The van der Waals surface area contributed by atoms with Crippen molar-refractivity contribution in [1.29, 1.82) is 0 Å². The predicted molar refractivity (Wildman–Crippen MR) is 42.7 cm³/mol. The molecule has 0 bridgehead atoms. The predicted octanol–water partition coefficient (Wildman–Crippen LogP) is 1.41. The highest BCUT2D eigenvalue weighted by molar-refractivity contribution is 7.89. The minimum Gasteiger partial charge on any atom is -0.225 e. The van der Waals surface area contributed by atoms with E-state index in [1.807, 2.05) is 0 Å². The molecule has 0 unspecified atom stereocenters. The SMILES string of the molecule is NS(=O)(=O)c1cc(F)ccc1C(F)F. The number of rotatable bonds is 2. The van der Waals surface area contributed by atoms with Crippen LogP contribution in [-0.4, -0.2) is 8.42 Å². The van der Waals surface area contributed by atoms with Crippen molar-refractivity contribution in [3.05, 3.63) is 29.6 Å². The highest BCUT2D eigenvalue weighted by atomic mass is 32.2. The molecule has 14 heavy (non-hydrogen) atoms. The lowest BCUT2D eigenvalue weighted by molar-refractivity contribution is 0.148. The zero-order chi connectivity index (χ0) is 10.9. The molecule has 1 aromatic rings. The molecule has 0 amide bonds. The molecule has 3 nitrogen and oxygen atoms in total. The summed E-state index contributed by atoms with van der Waals surface area (Å²) >= 11 is 0. The molecule has 0 aliphatic heterocycles. The minimum absolute atomic E-state index is 0.469. The van der Waals surface area contributed by atoms with Gasteiger partial charge in [0.15, 0.2) is 0 Å². The Balaban J connectivity index is 3.46. The molecule has 0 heterocycles. The topological polar surface area (TPSA) is 60.2 Å². The zero-order valence-electron chi connectivity index (χ0n) is 6.75. The molecule has 0 saturated heterocycles. The van der Waals surface area contributed by atoms with E-state index >= 15 is 0 Å². The lowest BCUT2D eigenvalue weighted by Crippen LogP contribution is -2.15. The average Bonchev–Trinajstić information content (AvgIpc) is 2.01. The fourth-order valence-electron chi connectivity index (χ4n) is 0.935. The van der Waals surface area contributed by atoms with Crippen LogP contribution >= 0.6 is 0 Å². The van der Waals surface area contributed by atoms with E-state index < -0.39 is 32.7 Å². The van der Waals surface area contributed by atoms with Gasteiger partial charge in [-0.1, -0.05) is 0 Å². The second kappa shape index (κ2) is 3.58. The molecule has 0 saturated carbocycles. The molecular formula is C7H6F3NO2S. The van der Waals surface area contributed by atoms with Crippen molar-refractivity contribution in [2.45, 2.75) is 11.3 Å². The molecule has 1 aromatic carbocycles. The Morgan fingerprint density at radius 3 is 2.29 bits per heavy atom. The van der Waals surface area contributed by atoms with Crippen molar-refractivity contribution in [1.82, 2.24) is 0 Å². The van der Waals surface area contributed by atoms with Crippen molar-refractivity contribution in [3.63, 3.8) is 0 Å². The summed E-state index contributed by atoms with van der Waals surface area (Å²) in [6.45, 7) is 0. The van der Waals surface area contributed by atoms with Crippen LogP contribution in [0.3, 0.4) is 0 Å². The minimum atomic E-state index is -4.32. The highest BCUT2D eigenvalue weighted by Crippen LogP contribution is 2.26. The molecule has 78 valence electrons. The number of hydrogen-bond donors (Lipinski definition) is 1. The van der Waals surface area contributed by atoms with E-state index in [0.717, 1.165) is 6.07 Å². The Hall–Kier alpha value is -1.08. The van der Waals surface area contributed by atoms with Crippen molar-refractivity contribution < 1.29 is 21.6 Å². The molecule has 0 aromatic heterocycles. The zero-order valence-corrected chi connectivity index (χ0v) is 7.56. The molecule has 0 aliphatic carbocycles. The normalized spacial score (nSPS) is 12.1. The van der Waals surface area contributed by atoms with Crippen LogP contribution in [0.4, 0.5) is 13.2 Å². The summed E-state index contributed by atoms with van der Waals surface area (Å²) in [4.78, 5) is -0.882. The number of benzene rings is 1. The van der Waals surface area contributed by atoms with Crippen LogP contribution < -0.4 is 5.14 Å². The van der Waals surface area contributed by atoms with Gasteiger partial charge < -0.3 is 0 Å². The van der Waals surface area contributed by atoms with Crippen LogP contribution in [0.1, 0.15) is 12.0 Å². The van der Waals surface area contributed by atoms with E-state index in [0.29, 0.717) is 12.1 Å². The van der Waals surface area contributed by atoms with Gasteiger partial charge in [-0.2, -0.15) is 0 Å². The maximum absolute atomic E-state index is 12.6. The number of primary sulfonamides is 1. The van der Waals surface area contributed by atoms with E-state index in [-0.39, 0.29) is 0 Å². The lowest BCUT2D eigenvalue weighted by atomic mass is 10.2. The van der Waals surface area contributed by atoms with Crippen LogP contribution in [0, 0.1) is 5.82 Å². The Labute approximate surface area is 78.4 Å². The third-order valence-corrected chi connectivity index (χ3v) is 2.48. The largest absolute Gasteiger partial charge is 0.265 e. The summed E-state index contributed by atoms with van der Waals surface area (Å²) in [7, 11) is -4.32. The van der Waals surface area contributed by atoms with Crippen LogP contribution in [0.25, 0.3) is 0 Å². The third kappa shape index (κ3) is 2.24. The van der Waals surface area contributed by atoms with Gasteiger partial charge in [0, 0.05) is 5.56 Å². The molecule has 0 aliphatic rings. The van der Waals surface area contributed by atoms with Crippen LogP contribution in [0.2, 0.25) is 0 Å². The second-order valence-corrected chi connectivity index (χ2v) is 4.06. The monoisotopic (exact) mass is 225 g/mol. The Kier molecular flexibility index (Phi) is 2.81. The first-order valence-electron chi connectivity index (χ1n) is 3.43. The first-order chi connectivity index (χ1) is 6.32. The summed E-state index contributed by atoms with van der Waals surface area (Å²) in [5.41, 5.74) is -0.797. The Morgan fingerprint density at radius 2 is 1.86 bits per heavy atom. The highest BCUT2D eigenvalue weighted by Gasteiger charge is 2.20. The Bertz CT molecular complexity index is 444. The van der Waals surface area contributed by atoms with Gasteiger partial charge >= 0.3 is 0 Å². The summed E-state index contributed by atoms with van der Waals surface area (Å²) in [6, 6.07) is 1.91. The van der Waals surface area contributed by atoms with Crippen molar-refractivity contribution in [3.8, 4) is 0 Å². The third-order valence-electron chi connectivity index (χ3n) is 1.52. The molecular weight excluding hydrogens is 219 g/mol. The van der Waals surface area contributed by atoms with Crippen molar-refractivity contribution in [2.75, 3.05) is 0 Å². The molecule has 0 spiro atoms. The maximum atomic E-state index is 12.6. The smallest absolute Gasteiger partial charge is 0.225 e. The van der Waals surface area contributed by atoms with Gasteiger partial charge in [-0.3, -0.25) is 0 Å². The Morgan fingerprint density at radius 1 is 1.29 bits per heavy atom. The molecule has 0 atom stereocenters. The van der Waals surface area contributed by atoms with Crippen molar-refractivity contribution >= 4 is 10.0 Å².